The number of carboxylic acids is 1. The van der Waals surface area contributed by atoms with E-state index in [9.17, 15) is 13.2 Å². The molecule has 1 rings (SSSR count). The molecule has 0 aliphatic carbocycles. The van der Waals surface area contributed by atoms with Gasteiger partial charge >= 0.3 is 5.97 Å². The minimum absolute atomic E-state index is 0.0103. The Morgan fingerprint density at radius 1 is 1.50 bits per heavy atom. The number of hydrogen-bond donors (Lipinski definition) is 1. The smallest absolute Gasteiger partial charge is 0.331 e. The van der Waals surface area contributed by atoms with E-state index in [1.807, 2.05) is 0 Å². The third kappa shape index (κ3) is 1.85. The fraction of sp³-hybridized carbons (Fsp3) is 0.571. The summed E-state index contributed by atoms with van der Waals surface area (Å²) >= 11 is 0. The van der Waals surface area contributed by atoms with Gasteiger partial charge in [0.1, 0.15) is 0 Å². The molecule has 0 spiro atoms. The van der Waals surface area contributed by atoms with Crippen LogP contribution in [0, 0.1) is 5.92 Å². The minimum Gasteiger partial charge on any atom is -0.478 e. The molecule has 1 N–H and O–H groups in total. The van der Waals surface area contributed by atoms with E-state index < -0.39 is 15.8 Å². The molecule has 5 heteroatoms. The van der Waals surface area contributed by atoms with Crippen molar-refractivity contribution in [2.24, 2.45) is 5.92 Å². The average Bonchev–Trinajstić information content (AvgIpc) is 2.28. The lowest BCUT2D eigenvalue weighted by Crippen LogP contribution is -2.12. The van der Waals surface area contributed by atoms with E-state index in [0.29, 0.717) is 6.42 Å². The quantitative estimate of drug-likeness (QED) is 0.625. The molecule has 1 heterocycles. The monoisotopic (exact) mass is 190 g/mol. The summed E-state index contributed by atoms with van der Waals surface area (Å²) in [5, 5.41) is 8.52. The molecule has 0 aromatic rings. The summed E-state index contributed by atoms with van der Waals surface area (Å²) in [6.07, 6.45) is 0.396. The zero-order chi connectivity index (χ0) is 9.35. The molecule has 0 aromatic heterocycles. The molecule has 0 aromatic carbocycles. The van der Waals surface area contributed by atoms with Gasteiger partial charge in [-0.2, -0.15) is 0 Å². The van der Waals surface area contributed by atoms with E-state index in [2.05, 4.69) is 6.58 Å². The van der Waals surface area contributed by atoms with Crippen molar-refractivity contribution in [2.45, 2.75) is 6.42 Å². The predicted octanol–water partition coefficient (Wildman–Crippen LogP) is 0.0619. The Morgan fingerprint density at radius 2 is 2.08 bits per heavy atom. The highest BCUT2D eigenvalue weighted by Crippen LogP contribution is 2.24. The number of aliphatic carboxylic acids is 1. The van der Waals surface area contributed by atoms with Gasteiger partial charge in [0.2, 0.25) is 0 Å². The van der Waals surface area contributed by atoms with Gasteiger partial charge in [0.15, 0.2) is 9.84 Å². The van der Waals surface area contributed by atoms with Gasteiger partial charge in [-0.05, 0) is 6.42 Å². The molecular formula is C7H10O4S. The van der Waals surface area contributed by atoms with Crippen LogP contribution in [0.4, 0.5) is 0 Å². The van der Waals surface area contributed by atoms with Crippen LogP contribution in [-0.2, 0) is 14.6 Å². The Bertz CT molecular complexity index is 314. The molecular weight excluding hydrogens is 180 g/mol. The Morgan fingerprint density at radius 3 is 2.42 bits per heavy atom. The highest BCUT2D eigenvalue weighted by Gasteiger charge is 2.31. The number of carbonyl (C=O) groups is 1. The van der Waals surface area contributed by atoms with Crippen molar-refractivity contribution in [3.8, 4) is 0 Å². The zero-order valence-corrected chi connectivity index (χ0v) is 7.30. The van der Waals surface area contributed by atoms with Gasteiger partial charge in [-0.1, -0.05) is 6.58 Å². The summed E-state index contributed by atoms with van der Waals surface area (Å²) in [5.74, 6) is -1.45. The second kappa shape index (κ2) is 2.90. The molecule has 1 fully saturated rings. The Labute approximate surface area is 70.8 Å². The maximum Gasteiger partial charge on any atom is 0.331 e. The van der Waals surface area contributed by atoms with Crippen molar-refractivity contribution < 1.29 is 18.3 Å². The van der Waals surface area contributed by atoms with Crippen LogP contribution in [-0.4, -0.2) is 31.0 Å². The van der Waals surface area contributed by atoms with Crippen LogP contribution in [0.25, 0.3) is 0 Å². The van der Waals surface area contributed by atoms with Crippen molar-refractivity contribution in [3.63, 3.8) is 0 Å². The molecule has 1 aliphatic rings. The first kappa shape index (κ1) is 9.25. The van der Waals surface area contributed by atoms with Crippen LogP contribution in [0.1, 0.15) is 6.42 Å². The van der Waals surface area contributed by atoms with Crippen molar-refractivity contribution >= 4 is 15.8 Å². The normalized spacial score (nSPS) is 26.8. The molecule has 1 atom stereocenters. The van der Waals surface area contributed by atoms with Gasteiger partial charge in [0.05, 0.1) is 11.5 Å². The Balaban J connectivity index is 2.71. The first-order chi connectivity index (χ1) is 5.42. The third-order valence-electron chi connectivity index (χ3n) is 2.00. The molecule has 68 valence electrons. The van der Waals surface area contributed by atoms with Crippen molar-refractivity contribution in [3.05, 3.63) is 12.2 Å². The maximum absolute atomic E-state index is 10.9. The summed E-state index contributed by atoms with van der Waals surface area (Å²) in [6.45, 7) is 3.34. The number of carboxylic acid groups (broad SMARTS) is 1. The molecule has 12 heavy (non-hydrogen) atoms. The molecule has 0 bridgehead atoms. The summed E-state index contributed by atoms with van der Waals surface area (Å²) in [6, 6.07) is 0. The van der Waals surface area contributed by atoms with E-state index in [4.69, 9.17) is 5.11 Å². The van der Waals surface area contributed by atoms with Crippen molar-refractivity contribution in [1.82, 2.24) is 0 Å². The molecule has 0 radical (unpaired) electrons. The third-order valence-corrected chi connectivity index (χ3v) is 3.77. The molecule has 1 aliphatic heterocycles. The van der Waals surface area contributed by atoms with Gasteiger partial charge < -0.3 is 5.11 Å². The van der Waals surface area contributed by atoms with Crippen LogP contribution < -0.4 is 0 Å². The highest BCUT2D eigenvalue weighted by molar-refractivity contribution is 7.91. The van der Waals surface area contributed by atoms with Crippen LogP contribution in [0.3, 0.4) is 0 Å². The molecule has 4 nitrogen and oxygen atoms in total. The van der Waals surface area contributed by atoms with Crippen molar-refractivity contribution in [2.75, 3.05) is 11.5 Å². The Kier molecular flexibility index (Phi) is 2.23. The van der Waals surface area contributed by atoms with E-state index in [1.54, 1.807) is 0 Å². The molecule has 1 saturated heterocycles. The predicted molar refractivity (Wildman–Crippen MR) is 43.5 cm³/mol. The van der Waals surface area contributed by atoms with Gasteiger partial charge in [-0.3, -0.25) is 0 Å². The lowest BCUT2D eigenvalue weighted by molar-refractivity contribution is -0.133. The standard InChI is InChI=1S/C7H10O4S/c1-5(7(8)9)6-2-3-12(10,11)4-6/h6H,1-4H2,(H,8,9). The van der Waals surface area contributed by atoms with Gasteiger partial charge in [-0.15, -0.1) is 0 Å². The van der Waals surface area contributed by atoms with Crippen LogP contribution in [0.5, 0.6) is 0 Å². The van der Waals surface area contributed by atoms with Crippen LogP contribution >= 0.6 is 0 Å². The average molecular weight is 190 g/mol. The van der Waals surface area contributed by atoms with E-state index >= 15 is 0 Å². The van der Waals surface area contributed by atoms with Crippen LogP contribution in [0.2, 0.25) is 0 Å². The van der Waals surface area contributed by atoms with E-state index in [-0.39, 0.29) is 23.0 Å². The fourth-order valence-electron chi connectivity index (χ4n) is 1.24. The maximum atomic E-state index is 10.9. The molecule has 1 unspecified atom stereocenters. The van der Waals surface area contributed by atoms with Crippen LogP contribution in [0.15, 0.2) is 12.2 Å². The largest absolute Gasteiger partial charge is 0.478 e. The number of hydrogen-bond acceptors (Lipinski definition) is 3. The lowest BCUT2D eigenvalue weighted by atomic mass is 10.0. The van der Waals surface area contributed by atoms with Crippen molar-refractivity contribution in [1.29, 1.82) is 0 Å². The first-order valence-electron chi connectivity index (χ1n) is 3.55. The molecule has 0 amide bonds. The fourth-order valence-corrected chi connectivity index (χ4v) is 3.04. The van der Waals surface area contributed by atoms with E-state index in [1.165, 1.54) is 0 Å². The second-order valence-corrected chi connectivity index (χ2v) is 5.16. The van der Waals surface area contributed by atoms with Gasteiger partial charge in [0.25, 0.3) is 0 Å². The number of rotatable bonds is 2. The second-order valence-electron chi connectivity index (χ2n) is 2.93. The molecule has 0 saturated carbocycles. The SMILES string of the molecule is C=C(C(=O)O)C1CCS(=O)(=O)C1. The topological polar surface area (TPSA) is 71.4 Å². The van der Waals surface area contributed by atoms with Gasteiger partial charge in [0, 0.05) is 11.5 Å². The zero-order valence-electron chi connectivity index (χ0n) is 6.49. The summed E-state index contributed by atoms with van der Waals surface area (Å²) in [7, 11) is -3.00. The Hall–Kier alpha value is -0.840. The summed E-state index contributed by atoms with van der Waals surface area (Å²) < 4.78 is 21.9. The first-order valence-corrected chi connectivity index (χ1v) is 5.37. The van der Waals surface area contributed by atoms with Gasteiger partial charge in [-0.25, -0.2) is 13.2 Å². The number of sulfone groups is 1. The summed E-state index contributed by atoms with van der Waals surface area (Å²) in [4.78, 5) is 10.4. The highest BCUT2D eigenvalue weighted by atomic mass is 32.2. The lowest BCUT2D eigenvalue weighted by Gasteiger charge is -2.05. The summed E-state index contributed by atoms with van der Waals surface area (Å²) in [5.41, 5.74) is 0.0103. The minimum atomic E-state index is -3.00. The van der Waals surface area contributed by atoms with E-state index in [0.717, 1.165) is 0 Å².